The predicted octanol–water partition coefficient (Wildman–Crippen LogP) is 5.22. The summed E-state index contributed by atoms with van der Waals surface area (Å²) in [6.45, 7) is 4.72. The van der Waals surface area contributed by atoms with Crippen LogP contribution in [0, 0.1) is 24.7 Å². The van der Waals surface area contributed by atoms with Crippen molar-refractivity contribution in [3.05, 3.63) is 83.4 Å². The largest absolute Gasteiger partial charge is 0.349 e. The van der Waals surface area contributed by atoms with Crippen LogP contribution in [0.15, 0.2) is 66.7 Å². The van der Waals surface area contributed by atoms with E-state index in [0.29, 0.717) is 41.9 Å². The van der Waals surface area contributed by atoms with Gasteiger partial charge in [0.2, 0.25) is 17.6 Å². The number of carbonyl (C=O) groups is 3. The Labute approximate surface area is 293 Å². The molecule has 4 aromatic rings. The van der Waals surface area contributed by atoms with E-state index in [1.807, 2.05) is 49.4 Å². The first-order valence-electron chi connectivity index (χ1n) is 16.9. The molecule has 2 atom stereocenters. The number of anilines is 1. The highest BCUT2D eigenvalue weighted by molar-refractivity contribution is 5.98. The first-order valence-corrected chi connectivity index (χ1v) is 16.9. The van der Waals surface area contributed by atoms with Crippen molar-refractivity contribution in [1.82, 2.24) is 31.3 Å². The Kier molecular flexibility index (Phi) is 11.8. The van der Waals surface area contributed by atoms with Gasteiger partial charge >= 0.3 is 0 Å². The Morgan fingerprint density at radius 1 is 0.898 bits per heavy atom. The number of benzene rings is 3. The van der Waals surface area contributed by atoms with Gasteiger partial charge in [-0.3, -0.25) is 14.4 Å². The molecule has 3 aromatic carbocycles. The molecule has 6 rings (SSSR count). The van der Waals surface area contributed by atoms with Crippen LogP contribution in [-0.2, 0) is 16.0 Å². The Bertz CT molecular complexity index is 1720. The van der Waals surface area contributed by atoms with E-state index >= 15 is 0 Å². The van der Waals surface area contributed by atoms with Crippen LogP contribution in [-0.4, -0.2) is 57.0 Å². The minimum absolute atomic E-state index is 0. The van der Waals surface area contributed by atoms with Crippen molar-refractivity contribution in [3.8, 4) is 22.5 Å². The van der Waals surface area contributed by atoms with Gasteiger partial charge in [-0.15, -0.1) is 22.6 Å². The van der Waals surface area contributed by atoms with Crippen LogP contribution in [0.3, 0.4) is 0 Å². The van der Waals surface area contributed by atoms with E-state index in [9.17, 15) is 14.4 Å². The monoisotopic (exact) mass is 684 g/mol. The third-order valence-corrected chi connectivity index (χ3v) is 9.82. The van der Waals surface area contributed by atoms with E-state index in [4.69, 9.17) is 5.73 Å². The lowest BCUT2D eigenvalue weighted by atomic mass is 9.81. The summed E-state index contributed by atoms with van der Waals surface area (Å²) in [7, 11) is 0. The number of nitrogens with one attached hydrogen (secondary N) is 4. The Morgan fingerprint density at radius 3 is 2.20 bits per heavy atom. The molecule has 49 heavy (non-hydrogen) atoms. The van der Waals surface area contributed by atoms with Crippen molar-refractivity contribution in [1.29, 1.82) is 0 Å². The van der Waals surface area contributed by atoms with Crippen LogP contribution in [0.5, 0.6) is 0 Å². The van der Waals surface area contributed by atoms with Gasteiger partial charge in [0.1, 0.15) is 6.04 Å². The van der Waals surface area contributed by atoms with Crippen molar-refractivity contribution < 1.29 is 14.4 Å². The van der Waals surface area contributed by atoms with Gasteiger partial charge in [-0.25, -0.2) is 0 Å². The summed E-state index contributed by atoms with van der Waals surface area (Å²) in [5, 5.41) is 23.2. The van der Waals surface area contributed by atoms with Crippen molar-refractivity contribution in [2.75, 3.05) is 11.9 Å². The topological polar surface area (TPSA) is 168 Å². The van der Waals surface area contributed by atoms with Crippen molar-refractivity contribution in [2.45, 2.75) is 70.9 Å². The van der Waals surface area contributed by atoms with Gasteiger partial charge in [0, 0.05) is 35.2 Å². The maximum absolute atomic E-state index is 13.7. The first kappa shape index (κ1) is 35.7. The number of aromatic nitrogens is 4. The molecule has 6 N–H and O–H groups in total. The Morgan fingerprint density at radius 2 is 1.59 bits per heavy atom. The molecule has 1 unspecified atom stereocenters. The van der Waals surface area contributed by atoms with Crippen LogP contribution in [0.2, 0.25) is 0 Å². The standard InChI is InChI=1S/C37H44N8O3.ClH/c1-22-19-30(36(47)39-23(2)26-11-12-26)15-18-32(22)27-7-3-24(4-8-27)20-33(41-35(46)29-9-5-25(21-38)6-10-29)37(48)40-31-16-13-28(14-17-31)34-42-44-45-43-34;/h3-4,7-8,13-19,23,25-26,29,33H,5-6,9-12,20-21,38H2,1-2H3,(H,39,47)(H,40,48)(H,41,46)(H,42,43,44,45);1H/t23?,25?,29?,33-;/m0./s1. The summed E-state index contributed by atoms with van der Waals surface area (Å²) >= 11 is 0. The lowest BCUT2D eigenvalue weighted by Crippen LogP contribution is -2.48. The van der Waals surface area contributed by atoms with E-state index in [2.05, 4.69) is 43.5 Å². The zero-order valence-electron chi connectivity index (χ0n) is 27.9. The number of amides is 3. The second-order valence-electron chi connectivity index (χ2n) is 13.3. The fourth-order valence-corrected chi connectivity index (χ4v) is 6.56. The van der Waals surface area contributed by atoms with E-state index in [0.717, 1.165) is 53.5 Å². The number of nitrogens with two attached hydrogens (primary N) is 1. The van der Waals surface area contributed by atoms with Crippen LogP contribution in [0.25, 0.3) is 22.5 Å². The van der Waals surface area contributed by atoms with E-state index in [1.54, 1.807) is 24.3 Å². The highest BCUT2D eigenvalue weighted by Crippen LogP contribution is 2.33. The van der Waals surface area contributed by atoms with Crippen LogP contribution < -0.4 is 21.7 Å². The normalized spacial score (nSPS) is 18.4. The fraction of sp³-hybridized carbons (Fsp3) is 0.405. The van der Waals surface area contributed by atoms with E-state index in [1.165, 1.54) is 12.8 Å². The summed E-state index contributed by atoms with van der Waals surface area (Å²) in [4.78, 5) is 39.8. The van der Waals surface area contributed by atoms with Gasteiger partial charge in [0.15, 0.2) is 0 Å². The van der Waals surface area contributed by atoms with Gasteiger partial charge in [0.05, 0.1) is 0 Å². The van der Waals surface area contributed by atoms with Crippen LogP contribution in [0.1, 0.15) is 66.9 Å². The highest BCUT2D eigenvalue weighted by Gasteiger charge is 2.30. The quantitative estimate of drug-likeness (QED) is 0.136. The molecule has 0 aliphatic heterocycles. The average Bonchev–Trinajstić information content (AvgIpc) is 3.82. The molecule has 11 nitrogen and oxygen atoms in total. The summed E-state index contributed by atoms with van der Waals surface area (Å²) in [5.74, 6) is 0.942. The molecule has 0 saturated heterocycles. The van der Waals surface area contributed by atoms with Gasteiger partial charge < -0.3 is 21.7 Å². The Hall–Kier alpha value is -4.61. The number of hydrogen-bond acceptors (Lipinski definition) is 7. The van der Waals surface area contributed by atoms with E-state index in [-0.39, 0.29) is 42.1 Å². The van der Waals surface area contributed by atoms with Gasteiger partial charge in [-0.1, -0.05) is 30.3 Å². The lowest BCUT2D eigenvalue weighted by molar-refractivity contribution is -0.130. The number of halogens is 1. The number of H-pyrrole nitrogens is 1. The van der Waals surface area contributed by atoms with Crippen molar-refractivity contribution in [3.63, 3.8) is 0 Å². The Balaban J connectivity index is 0.00000468. The average molecular weight is 685 g/mol. The summed E-state index contributed by atoms with van der Waals surface area (Å²) < 4.78 is 0. The highest BCUT2D eigenvalue weighted by atomic mass is 35.5. The number of rotatable bonds is 12. The molecular formula is C37H45ClN8O3. The van der Waals surface area contributed by atoms with Crippen LogP contribution >= 0.6 is 12.4 Å². The van der Waals surface area contributed by atoms with Gasteiger partial charge in [-0.05, 0) is 135 Å². The van der Waals surface area contributed by atoms with E-state index < -0.39 is 6.04 Å². The SMILES string of the molecule is Cc1cc(C(=O)NC(C)C2CC2)ccc1-c1ccc(C[C@H](NC(=O)C2CCC(CN)CC2)C(=O)Nc2ccc(-c3nn[nH]n3)cc2)cc1.Cl. The lowest BCUT2D eigenvalue weighted by Gasteiger charge is -2.28. The summed E-state index contributed by atoms with van der Waals surface area (Å²) in [6.07, 6.45) is 6.07. The molecule has 1 heterocycles. The number of carbonyl (C=O) groups excluding carboxylic acids is 3. The molecule has 2 aliphatic carbocycles. The molecule has 0 bridgehead atoms. The van der Waals surface area contributed by atoms with Crippen LogP contribution in [0.4, 0.5) is 5.69 Å². The first-order chi connectivity index (χ1) is 23.3. The molecule has 2 aliphatic rings. The number of nitrogens with zero attached hydrogens (tertiary/aromatic N) is 3. The third kappa shape index (κ3) is 9.10. The fourth-order valence-electron chi connectivity index (χ4n) is 6.56. The molecule has 0 spiro atoms. The van der Waals surface area contributed by atoms with Gasteiger partial charge in [-0.2, -0.15) is 5.21 Å². The minimum Gasteiger partial charge on any atom is -0.349 e. The molecule has 3 amide bonds. The molecular weight excluding hydrogens is 640 g/mol. The second-order valence-corrected chi connectivity index (χ2v) is 13.3. The zero-order chi connectivity index (χ0) is 33.6. The summed E-state index contributed by atoms with van der Waals surface area (Å²) in [5.41, 5.74) is 11.9. The molecule has 12 heteroatoms. The molecule has 1 aromatic heterocycles. The number of tetrazole rings is 1. The number of hydrogen-bond donors (Lipinski definition) is 5. The number of aromatic amines is 1. The second kappa shape index (κ2) is 16.2. The minimum atomic E-state index is -0.773. The molecule has 2 saturated carbocycles. The number of aryl methyl sites for hydroxylation is 1. The third-order valence-electron chi connectivity index (χ3n) is 9.82. The van der Waals surface area contributed by atoms with Gasteiger partial charge in [0.25, 0.3) is 5.91 Å². The molecule has 2 fully saturated rings. The summed E-state index contributed by atoms with van der Waals surface area (Å²) in [6, 6.07) is 20.4. The van der Waals surface area contributed by atoms with Crippen molar-refractivity contribution >= 4 is 35.8 Å². The zero-order valence-corrected chi connectivity index (χ0v) is 28.8. The molecule has 258 valence electrons. The maximum Gasteiger partial charge on any atom is 0.251 e. The van der Waals surface area contributed by atoms with Crippen molar-refractivity contribution in [2.24, 2.45) is 23.5 Å². The molecule has 0 radical (unpaired) electrons. The smallest absolute Gasteiger partial charge is 0.251 e. The maximum atomic E-state index is 13.7. The predicted molar refractivity (Wildman–Crippen MR) is 192 cm³/mol.